The van der Waals surface area contributed by atoms with Crippen molar-refractivity contribution in [1.82, 2.24) is 24.5 Å². The van der Waals surface area contributed by atoms with Crippen LogP contribution in [0.3, 0.4) is 0 Å². The molecule has 6 nitrogen and oxygen atoms in total. The molecule has 0 saturated carbocycles. The maximum Gasteiger partial charge on any atom is 0.151 e. The number of carbonyl (C=O) groups is 1. The molecule has 0 radical (unpaired) electrons. The standard InChI is InChI=1S/C17H13N5O/c1-11-18-9-16(21-11)15-3-2-14(8-19-15)22-5-4-13-6-12(10-23)7-20-17(13)22/h2-10H,1H3,(H,18,21). The van der Waals surface area contributed by atoms with Crippen molar-refractivity contribution in [2.75, 3.05) is 0 Å². The number of imidazole rings is 1. The molecule has 23 heavy (non-hydrogen) atoms. The molecule has 4 heterocycles. The molecular formula is C17H13N5O. The van der Waals surface area contributed by atoms with E-state index in [1.54, 1.807) is 18.6 Å². The summed E-state index contributed by atoms with van der Waals surface area (Å²) in [6.07, 6.45) is 7.85. The molecule has 0 bridgehead atoms. The molecule has 112 valence electrons. The molecule has 0 atom stereocenters. The first-order chi connectivity index (χ1) is 11.2. The van der Waals surface area contributed by atoms with E-state index >= 15 is 0 Å². The van der Waals surface area contributed by atoms with Crippen LogP contribution in [0.15, 0.2) is 49.1 Å². The number of fused-ring (bicyclic) bond motifs is 1. The van der Waals surface area contributed by atoms with Gasteiger partial charge in [-0.2, -0.15) is 0 Å². The van der Waals surface area contributed by atoms with E-state index in [2.05, 4.69) is 19.9 Å². The number of nitrogens with zero attached hydrogens (tertiary/aromatic N) is 4. The summed E-state index contributed by atoms with van der Waals surface area (Å²) in [6.45, 7) is 1.91. The molecule has 0 fully saturated rings. The van der Waals surface area contributed by atoms with Gasteiger partial charge in [-0.1, -0.05) is 0 Å². The van der Waals surface area contributed by atoms with Crippen molar-refractivity contribution in [2.45, 2.75) is 6.92 Å². The molecule has 0 aromatic carbocycles. The fourth-order valence-electron chi connectivity index (χ4n) is 2.55. The summed E-state index contributed by atoms with van der Waals surface area (Å²) in [6, 6.07) is 7.67. The van der Waals surface area contributed by atoms with Crippen molar-refractivity contribution in [3.8, 4) is 17.1 Å². The fourth-order valence-corrected chi connectivity index (χ4v) is 2.55. The van der Waals surface area contributed by atoms with Crippen molar-refractivity contribution in [3.63, 3.8) is 0 Å². The molecule has 4 aromatic heterocycles. The lowest BCUT2D eigenvalue weighted by atomic mass is 10.2. The van der Waals surface area contributed by atoms with Crippen LogP contribution in [-0.2, 0) is 0 Å². The van der Waals surface area contributed by atoms with Crippen molar-refractivity contribution in [2.24, 2.45) is 0 Å². The van der Waals surface area contributed by atoms with Gasteiger partial charge in [-0.05, 0) is 31.2 Å². The van der Waals surface area contributed by atoms with Crippen LogP contribution >= 0.6 is 0 Å². The van der Waals surface area contributed by atoms with Gasteiger partial charge in [-0.3, -0.25) is 14.3 Å². The van der Waals surface area contributed by atoms with Crippen molar-refractivity contribution < 1.29 is 4.79 Å². The first-order valence-corrected chi connectivity index (χ1v) is 7.15. The first kappa shape index (κ1) is 13.4. The third kappa shape index (κ3) is 2.30. The highest BCUT2D eigenvalue weighted by Gasteiger charge is 2.07. The normalized spacial score (nSPS) is 11.0. The maximum absolute atomic E-state index is 10.8. The minimum atomic E-state index is 0.568. The van der Waals surface area contributed by atoms with Crippen LogP contribution in [0, 0.1) is 6.92 Å². The third-order valence-corrected chi connectivity index (χ3v) is 3.69. The van der Waals surface area contributed by atoms with Gasteiger partial charge in [0.05, 0.1) is 29.5 Å². The number of carbonyl (C=O) groups excluding carboxylic acids is 1. The number of nitrogens with one attached hydrogen (secondary N) is 1. The number of aryl methyl sites for hydroxylation is 1. The molecule has 0 aliphatic heterocycles. The summed E-state index contributed by atoms with van der Waals surface area (Å²) in [5.74, 6) is 0.859. The second-order valence-electron chi connectivity index (χ2n) is 5.27. The Kier molecular flexibility index (Phi) is 3.01. The van der Waals surface area contributed by atoms with Crippen LogP contribution in [0.25, 0.3) is 28.1 Å². The van der Waals surface area contributed by atoms with E-state index in [0.717, 1.165) is 40.2 Å². The number of rotatable bonds is 3. The molecule has 0 saturated heterocycles. The Morgan fingerprint density at radius 2 is 2.00 bits per heavy atom. The second-order valence-corrected chi connectivity index (χ2v) is 5.27. The Hall–Kier alpha value is -3.28. The van der Waals surface area contributed by atoms with Gasteiger partial charge in [-0.25, -0.2) is 9.97 Å². The van der Waals surface area contributed by atoms with Gasteiger partial charge >= 0.3 is 0 Å². The van der Waals surface area contributed by atoms with Gasteiger partial charge in [-0.15, -0.1) is 0 Å². The lowest BCUT2D eigenvalue weighted by molar-refractivity contribution is 0.112. The fraction of sp³-hybridized carbons (Fsp3) is 0.0588. The number of hydrogen-bond donors (Lipinski definition) is 1. The Morgan fingerprint density at radius 1 is 1.09 bits per heavy atom. The molecule has 0 spiro atoms. The van der Waals surface area contributed by atoms with Crippen LogP contribution in [0.4, 0.5) is 0 Å². The molecule has 1 N–H and O–H groups in total. The van der Waals surface area contributed by atoms with Gasteiger partial charge < -0.3 is 4.98 Å². The van der Waals surface area contributed by atoms with Gasteiger partial charge in [0.15, 0.2) is 6.29 Å². The molecule has 0 aliphatic rings. The van der Waals surface area contributed by atoms with Crippen LogP contribution in [0.1, 0.15) is 16.2 Å². The van der Waals surface area contributed by atoms with E-state index in [9.17, 15) is 4.79 Å². The zero-order valence-corrected chi connectivity index (χ0v) is 12.4. The molecule has 0 unspecified atom stereocenters. The largest absolute Gasteiger partial charge is 0.341 e. The molecule has 0 aliphatic carbocycles. The SMILES string of the molecule is Cc1ncc(-c2ccc(-n3ccc4cc(C=O)cnc43)cn2)[nH]1. The summed E-state index contributed by atoms with van der Waals surface area (Å²) in [7, 11) is 0. The zero-order valence-electron chi connectivity index (χ0n) is 12.4. The van der Waals surface area contributed by atoms with E-state index in [1.165, 1.54) is 0 Å². The van der Waals surface area contributed by atoms with E-state index in [0.29, 0.717) is 5.56 Å². The number of hydrogen-bond acceptors (Lipinski definition) is 4. The maximum atomic E-state index is 10.8. The highest BCUT2D eigenvalue weighted by molar-refractivity contribution is 5.85. The Bertz CT molecular complexity index is 997. The van der Waals surface area contributed by atoms with E-state index < -0.39 is 0 Å². The predicted octanol–water partition coefficient (Wildman–Crippen LogP) is 2.93. The van der Waals surface area contributed by atoms with Gasteiger partial charge in [0.25, 0.3) is 0 Å². The number of H-pyrrole nitrogens is 1. The van der Waals surface area contributed by atoms with E-state index in [1.807, 2.05) is 42.0 Å². The quantitative estimate of drug-likeness (QED) is 0.590. The van der Waals surface area contributed by atoms with Crippen LogP contribution < -0.4 is 0 Å². The lowest BCUT2D eigenvalue weighted by Gasteiger charge is -2.05. The molecule has 0 amide bonds. The average Bonchev–Trinajstić information content (AvgIpc) is 3.20. The van der Waals surface area contributed by atoms with E-state index in [-0.39, 0.29) is 0 Å². The number of aromatic amines is 1. The smallest absolute Gasteiger partial charge is 0.151 e. The Balaban J connectivity index is 1.74. The van der Waals surface area contributed by atoms with Crippen molar-refractivity contribution >= 4 is 17.3 Å². The summed E-state index contributed by atoms with van der Waals surface area (Å²) in [5, 5.41) is 0.919. The van der Waals surface area contributed by atoms with Gasteiger partial charge in [0.2, 0.25) is 0 Å². The first-order valence-electron chi connectivity index (χ1n) is 7.15. The number of aldehydes is 1. The molecule has 4 aromatic rings. The third-order valence-electron chi connectivity index (χ3n) is 3.69. The van der Waals surface area contributed by atoms with Crippen molar-refractivity contribution in [3.05, 3.63) is 60.4 Å². The Labute approximate surface area is 131 Å². The highest BCUT2D eigenvalue weighted by Crippen LogP contribution is 2.21. The zero-order chi connectivity index (χ0) is 15.8. The summed E-state index contributed by atoms with van der Waals surface area (Å²) >= 11 is 0. The van der Waals surface area contributed by atoms with Crippen LogP contribution in [-0.4, -0.2) is 30.8 Å². The second kappa shape index (κ2) is 5.17. The lowest BCUT2D eigenvalue weighted by Crippen LogP contribution is -1.96. The van der Waals surface area contributed by atoms with Crippen LogP contribution in [0.5, 0.6) is 0 Å². The van der Waals surface area contributed by atoms with E-state index in [4.69, 9.17) is 0 Å². The average molecular weight is 303 g/mol. The predicted molar refractivity (Wildman–Crippen MR) is 86.6 cm³/mol. The number of pyridine rings is 2. The summed E-state index contributed by atoms with van der Waals surface area (Å²) < 4.78 is 1.94. The monoisotopic (exact) mass is 303 g/mol. The topological polar surface area (TPSA) is 76.5 Å². The van der Waals surface area contributed by atoms with Gasteiger partial charge in [0.1, 0.15) is 11.5 Å². The molecule has 6 heteroatoms. The minimum Gasteiger partial charge on any atom is -0.341 e. The van der Waals surface area contributed by atoms with Crippen LogP contribution in [0.2, 0.25) is 0 Å². The molecular weight excluding hydrogens is 290 g/mol. The van der Waals surface area contributed by atoms with Gasteiger partial charge in [0, 0.05) is 23.3 Å². The summed E-state index contributed by atoms with van der Waals surface area (Å²) in [5.41, 5.74) is 3.99. The van der Waals surface area contributed by atoms with Crippen molar-refractivity contribution in [1.29, 1.82) is 0 Å². The summed E-state index contributed by atoms with van der Waals surface area (Å²) in [4.78, 5) is 27.0. The minimum absolute atomic E-state index is 0.568. The Morgan fingerprint density at radius 3 is 2.70 bits per heavy atom. The number of aromatic nitrogens is 5. The molecule has 4 rings (SSSR count). The highest BCUT2D eigenvalue weighted by atomic mass is 16.1.